The van der Waals surface area contributed by atoms with Gasteiger partial charge in [0.2, 0.25) is 0 Å². The van der Waals surface area contributed by atoms with Crippen LogP contribution < -0.4 is 11.1 Å². The van der Waals surface area contributed by atoms with E-state index in [1.807, 2.05) is 0 Å². The largest absolute Gasteiger partial charge is 0.454 e. The van der Waals surface area contributed by atoms with Crippen LogP contribution in [0.25, 0.3) is 11.1 Å². The minimum Gasteiger partial charge on any atom is -0.454 e. The number of anilines is 1. The lowest BCUT2D eigenvalue weighted by molar-refractivity contribution is -0.147. The Bertz CT molecular complexity index is 1270. The van der Waals surface area contributed by atoms with Gasteiger partial charge in [-0.3, -0.25) is 28.6 Å². The SMILES string of the molecule is CN1C(=O)c2ccc(NC(=O)COC(=O)Cn3c(=O)oc4ccccc43)cc2C1=O. The molecular weight excluding hydrogens is 394 g/mol. The van der Waals surface area contributed by atoms with Crippen LogP contribution in [0.3, 0.4) is 0 Å². The van der Waals surface area contributed by atoms with E-state index in [-0.39, 0.29) is 16.8 Å². The number of rotatable bonds is 5. The maximum atomic E-state index is 12.1. The maximum absolute atomic E-state index is 12.1. The van der Waals surface area contributed by atoms with Gasteiger partial charge in [-0.1, -0.05) is 12.1 Å². The molecule has 0 saturated heterocycles. The second kappa shape index (κ2) is 7.32. The van der Waals surface area contributed by atoms with Gasteiger partial charge in [-0.15, -0.1) is 0 Å². The highest BCUT2D eigenvalue weighted by Crippen LogP contribution is 2.24. The molecule has 0 fully saturated rings. The van der Waals surface area contributed by atoms with Gasteiger partial charge in [-0.05, 0) is 30.3 Å². The topological polar surface area (TPSA) is 128 Å². The van der Waals surface area contributed by atoms with Crippen molar-refractivity contribution in [3.63, 3.8) is 0 Å². The molecule has 0 aliphatic carbocycles. The average molecular weight is 409 g/mol. The van der Waals surface area contributed by atoms with Crippen LogP contribution in [-0.4, -0.2) is 46.8 Å². The van der Waals surface area contributed by atoms with Gasteiger partial charge >= 0.3 is 11.7 Å². The Morgan fingerprint density at radius 1 is 1.03 bits per heavy atom. The summed E-state index contributed by atoms with van der Waals surface area (Å²) in [5, 5.41) is 2.49. The molecule has 2 aromatic carbocycles. The number of nitrogens with zero attached hydrogens (tertiary/aromatic N) is 2. The second-order valence-electron chi connectivity index (χ2n) is 6.56. The summed E-state index contributed by atoms with van der Waals surface area (Å²) in [7, 11) is 1.37. The smallest absolute Gasteiger partial charge is 0.420 e. The van der Waals surface area contributed by atoms with Crippen LogP contribution in [0.2, 0.25) is 0 Å². The van der Waals surface area contributed by atoms with E-state index in [0.29, 0.717) is 11.1 Å². The van der Waals surface area contributed by atoms with Crippen LogP contribution >= 0.6 is 0 Å². The van der Waals surface area contributed by atoms with E-state index in [1.165, 1.54) is 25.2 Å². The molecule has 1 aromatic heterocycles. The molecule has 0 spiro atoms. The number of carbonyl (C=O) groups excluding carboxylic acids is 4. The molecule has 10 heteroatoms. The van der Waals surface area contributed by atoms with Gasteiger partial charge in [0.05, 0.1) is 16.6 Å². The van der Waals surface area contributed by atoms with Gasteiger partial charge in [0, 0.05) is 12.7 Å². The van der Waals surface area contributed by atoms with Crippen molar-refractivity contribution in [3.8, 4) is 0 Å². The summed E-state index contributed by atoms with van der Waals surface area (Å²) in [4.78, 5) is 60.9. The Hall–Kier alpha value is -4.21. The van der Waals surface area contributed by atoms with Gasteiger partial charge in [0.1, 0.15) is 6.54 Å². The van der Waals surface area contributed by atoms with E-state index in [2.05, 4.69) is 5.32 Å². The molecule has 152 valence electrons. The number of fused-ring (bicyclic) bond motifs is 2. The third kappa shape index (κ3) is 3.34. The van der Waals surface area contributed by atoms with Gasteiger partial charge in [-0.2, -0.15) is 0 Å². The lowest BCUT2D eigenvalue weighted by Crippen LogP contribution is -2.26. The molecule has 0 radical (unpaired) electrons. The van der Waals surface area contributed by atoms with Crippen LogP contribution in [0.15, 0.2) is 51.7 Å². The zero-order valence-electron chi connectivity index (χ0n) is 15.7. The van der Waals surface area contributed by atoms with Crippen molar-refractivity contribution in [2.75, 3.05) is 19.0 Å². The first-order valence-electron chi connectivity index (χ1n) is 8.85. The lowest BCUT2D eigenvalue weighted by atomic mass is 10.1. The third-order valence-corrected chi connectivity index (χ3v) is 4.60. The van der Waals surface area contributed by atoms with Crippen molar-refractivity contribution in [1.29, 1.82) is 0 Å². The Balaban J connectivity index is 1.37. The number of benzene rings is 2. The summed E-state index contributed by atoms with van der Waals surface area (Å²) in [5.41, 5.74) is 1.49. The number of hydrogen-bond acceptors (Lipinski definition) is 7. The fourth-order valence-electron chi connectivity index (χ4n) is 3.12. The molecule has 0 saturated carbocycles. The predicted octanol–water partition coefficient (Wildman–Crippen LogP) is 1.00. The zero-order chi connectivity index (χ0) is 21.4. The molecule has 3 aromatic rings. The Labute approximate surface area is 168 Å². The average Bonchev–Trinajstić information content (AvgIpc) is 3.15. The summed E-state index contributed by atoms with van der Waals surface area (Å²) < 4.78 is 11.1. The van der Waals surface area contributed by atoms with Crippen molar-refractivity contribution in [2.24, 2.45) is 0 Å². The van der Waals surface area contributed by atoms with Crippen LogP contribution in [-0.2, 0) is 20.9 Å². The van der Waals surface area contributed by atoms with Crippen molar-refractivity contribution in [1.82, 2.24) is 9.47 Å². The summed E-state index contributed by atoms with van der Waals surface area (Å²) in [5.74, 6) is -3.02. The molecule has 4 rings (SSSR count). The third-order valence-electron chi connectivity index (χ3n) is 4.60. The van der Waals surface area contributed by atoms with E-state index in [1.54, 1.807) is 24.3 Å². The van der Waals surface area contributed by atoms with Crippen LogP contribution in [0.4, 0.5) is 5.69 Å². The number of hydrogen-bond donors (Lipinski definition) is 1. The Kier molecular flexibility index (Phi) is 4.66. The molecule has 0 atom stereocenters. The van der Waals surface area contributed by atoms with Crippen molar-refractivity contribution in [3.05, 3.63) is 64.1 Å². The standard InChI is InChI=1S/C20H15N3O7/c1-22-18(26)12-7-6-11(8-13(12)19(22)27)21-16(24)10-29-17(25)9-23-14-4-2-3-5-15(14)30-20(23)28/h2-8H,9-10H2,1H3,(H,21,24). The second-order valence-corrected chi connectivity index (χ2v) is 6.56. The first-order valence-corrected chi connectivity index (χ1v) is 8.85. The fourth-order valence-corrected chi connectivity index (χ4v) is 3.12. The number of oxazole rings is 1. The van der Waals surface area contributed by atoms with Crippen molar-refractivity contribution in [2.45, 2.75) is 6.54 Å². The van der Waals surface area contributed by atoms with Gasteiger partial charge in [0.15, 0.2) is 12.2 Å². The van der Waals surface area contributed by atoms with E-state index in [9.17, 15) is 24.0 Å². The number of imide groups is 1. The quantitative estimate of drug-likeness (QED) is 0.492. The summed E-state index contributed by atoms with van der Waals surface area (Å²) in [6.07, 6.45) is 0. The molecule has 1 aliphatic rings. The minimum absolute atomic E-state index is 0.184. The number of ether oxygens (including phenoxy) is 1. The highest BCUT2D eigenvalue weighted by molar-refractivity contribution is 6.21. The molecule has 1 aliphatic heterocycles. The normalized spacial score (nSPS) is 12.9. The highest BCUT2D eigenvalue weighted by Gasteiger charge is 2.32. The van der Waals surface area contributed by atoms with Crippen molar-refractivity contribution >= 4 is 40.5 Å². The monoisotopic (exact) mass is 409 g/mol. The number of esters is 1. The maximum Gasteiger partial charge on any atom is 0.420 e. The molecule has 2 heterocycles. The van der Waals surface area contributed by atoms with Gasteiger partial charge < -0.3 is 14.5 Å². The van der Waals surface area contributed by atoms with Crippen LogP contribution in [0, 0.1) is 0 Å². The number of nitrogens with one attached hydrogen (secondary N) is 1. The summed E-state index contributed by atoms with van der Waals surface area (Å²) >= 11 is 0. The Morgan fingerprint density at radius 2 is 1.77 bits per heavy atom. The van der Waals surface area contributed by atoms with E-state index in [4.69, 9.17) is 9.15 Å². The van der Waals surface area contributed by atoms with Crippen LogP contribution in [0.1, 0.15) is 20.7 Å². The number of carbonyl (C=O) groups is 4. The van der Waals surface area contributed by atoms with E-state index >= 15 is 0 Å². The molecule has 3 amide bonds. The number of amides is 3. The molecule has 10 nitrogen and oxygen atoms in total. The first kappa shape index (κ1) is 19.1. The predicted molar refractivity (Wildman–Crippen MR) is 103 cm³/mol. The highest BCUT2D eigenvalue weighted by atomic mass is 16.5. The molecule has 0 bridgehead atoms. The number of aromatic nitrogens is 1. The first-order chi connectivity index (χ1) is 14.3. The minimum atomic E-state index is -0.796. The van der Waals surface area contributed by atoms with Gasteiger partial charge in [0.25, 0.3) is 17.7 Å². The van der Waals surface area contributed by atoms with E-state index in [0.717, 1.165) is 9.47 Å². The van der Waals surface area contributed by atoms with Gasteiger partial charge in [-0.25, -0.2) is 4.79 Å². The van der Waals surface area contributed by atoms with E-state index < -0.39 is 42.6 Å². The fraction of sp³-hybridized carbons (Fsp3) is 0.150. The van der Waals surface area contributed by atoms with Crippen LogP contribution in [0.5, 0.6) is 0 Å². The molecular formula is C20H15N3O7. The number of para-hydroxylation sites is 2. The Morgan fingerprint density at radius 3 is 2.57 bits per heavy atom. The molecule has 1 N–H and O–H groups in total. The zero-order valence-corrected chi connectivity index (χ0v) is 15.7. The van der Waals surface area contributed by atoms with Crippen molar-refractivity contribution < 1.29 is 28.3 Å². The molecule has 30 heavy (non-hydrogen) atoms. The molecule has 0 unspecified atom stereocenters. The summed E-state index contributed by atoms with van der Waals surface area (Å²) in [6, 6.07) is 10.9. The lowest BCUT2D eigenvalue weighted by Gasteiger charge is -2.08. The summed E-state index contributed by atoms with van der Waals surface area (Å²) in [6.45, 7) is -1.00.